The topological polar surface area (TPSA) is 62.5 Å². The molecule has 0 fully saturated rings. The van der Waals surface area contributed by atoms with Crippen molar-refractivity contribution in [3.05, 3.63) is 23.9 Å². The van der Waals surface area contributed by atoms with Gasteiger partial charge in [0.05, 0.1) is 5.60 Å². The second kappa shape index (κ2) is 3.75. The predicted octanol–water partition coefficient (Wildman–Crippen LogP) is 1.22. The van der Waals surface area contributed by atoms with Crippen LogP contribution in [-0.4, -0.2) is 31.9 Å². The molecule has 0 aliphatic rings. The zero-order valence-electron chi connectivity index (χ0n) is 9.73. The van der Waals surface area contributed by atoms with Crippen LogP contribution in [0.15, 0.2) is 18.3 Å². The van der Waals surface area contributed by atoms with Crippen molar-refractivity contribution in [1.82, 2.24) is 14.6 Å². The van der Waals surface area contributed by atoms with Gasteiger partial charge in [-0.1, -0.05) is 6.07 Å². The van der Waals surface area contributed by atoms with E-state index in [1.807, 2.05) is 25.3 Å². The van der Waals surface area contributed by atoms with Gasteiger partial charge in [0.2, 0.25) is 5.95 Å². The number of rotatable bonds is 3. The molecule has 2 rings (SSSR count). The van der Waals surface area contributed by atoms with Crippen molar-refractivity contribution in [3.8, 4) is 0 Å². The maximum Gasteiger partial charge on any atom is 0.243 e. The molecule has 0 saturated heterocycles. The molecule has 0 aliphatic carbocycles. The van der Waals surface area contributed by atoms with Crippen molar-refractivity contribution >= 4 is 11.6 Å². The number of hydrogen-bond acceptors (Lipinski definition) is 4. The van der Waals surface area contributed by atoms with Crippen LogP contribution in [0.3, 0.4) is 0 Å². The summed E-state index contributed by atoms with van der Waals surface area (Å²) < 4.78 is 1.72. The lowest BCUT2D eigenvalue weighted by atomic mass is 10.1. The van der Waals surface area contributed by atoms with Crippen LogP contribution in [-0.2, 0) is 0 Å². The van der Waals surface area contributed by atoms with Gasteiger partial charge in [-0.3, -0.25) is 0 Å². The second-order valence-corrected chi connectivity index (χ2v) is 4.61. The summed E-state index contributed by atoms with van der Waals surface area (Å²) >= 11 is 0. The van der Waals surface area contributed by atoms with Crippen LogP contribution in [0.25, 0.3) is 5.65 Å². The van der Waals surface area contributed by atoms with E-state index in [0.29, 0.717) is 12.5 Å². The Morgan fingerprint density at radius 2 is 2.19 bits per heavy atom. The number of nitrogens with zero attached hydrogens (tertiary/aromatic N) is 3. The molecule has 0 aromatic carbocycles. The number of pyridine rings is 1. The molecule has 0 atom stereocenters. The second-order valence-electron chi connectivity index (χ2n) is 4.61. The highest BCUT2D eigenvalue weighted by Gasteiger charge is 2.13. The third-order valence-corrected chi connectivity index (χ3v) is 2.16. The Morgan fingerprint density at radius 1 is 1.44 bits per heavy atom. The van der Waals surface area contributed by atoms with E-state index in [4.69, 9.17) is 0 Å². The Bertz CT molecular complexity index is 498. The van der Waals surface area contributed by atoms with Crippen molar-refractivity contribution in [2.45, 2.75) is 26.4 Å². The van der Waals surface area contributed by atoms with Gasteiger partial charge in [-0.25, -0.2) is 4.52 Å². The van der Waals surface area contributed by atoms with Gasteiger partial charge < -0.3 is 10.4 Å². The fraction of sp³-hybridized carbons (Fsp3) is 0.455. The first-order valence-corrected chi connectivity index (χ1v) is 5.23. The van der Waals surface area contributed by atoms with Gasteiger partial charge in [-0.15, -0.1) is 5.10 Å². The number of aryl methyl sites for hydroxylation is 1. The van der Waals surface area contributed by atoms with Crippen molar-refractivity contribution in [1.29, 1.82) is 0 Å². The zero-order chi connectivity index (χ0) is 11.8. The third kappa shape index (κ3) is 2.49. The maximum absolute atomic E-state index is 9.57. The van der Waals surface area contributed by atoms with Crippen molar-refractivity contribution in [2.75, 3.05) is 11.9 Å². The van der Waals surface area contributed by atoms with E-state index in [9.17, 15) is 5.11 Å². The van der Waals surface area contributed by atoms with Crippen LogP contribution in [0.5, 0.6) is 0 Å². The maximum atomic E-state index is 9.57. The molecular weight excluding hydrogens is 204 g/mol. The van der Waals surface area contributed by atoms with E-state index in [1.165, 1.54) is 0 Å². The van der Waals surface area contributed by atoms with Gasteiger partial charge in [-0.05, 0) is 32.4 Å². The summed E-state index contributed by atoms with van der Waals surface area (Å²) in [4.78, 5) is 4.29. The average Bonchev–Trinajstić information content (AvgIpc) is 2.55. The third-order valence-electron chi connectivity index (χ3n) is 2.16. The van der Waals surface area contributed by atoms with Gasteiger partial charge in [-0.2, -0.15) is 4.98 Å². The van der Waals surface area contributed by atoms with Gasteiger partial charge in [0.1, 0.15) is 0 Å². The van der Waals surface area contributed by atoms with E-state index in [-0.39, 0.29) is 0 Å². The molecule has 0 spiro atoms. The SMILES string of the molecule is Cc1ccc2nc(NCC(C)(C)O)nn2c1. The molecular formula is C11H16N4O. The van der Waals surface area contributed by atoms with Crippen molar-refractivity contribution in [2.24, 2.45) is 0 Å². The van der Waals surface area contributed by atoms with Crippen LogP contribution < -0.4 is 5.32 Å². The summed E-state index contributed by atoms with van der Waals surface area (Å²) in [6.45, 7) is 5.90. The first-order chi connectivity index (χ1) is 7.44. The summed E-state index contributed by atoms with van der Waals surface area (Å²) in [5.41, 5.74) is 1.16. The number of anilines is 1. The van der Waals surface area contributed by atoms with Gasteiger partial charge in [0.25, 0.3) is 0 Å². The lowest BCUT2D eigenvalue weighted by Crippen LogP contribution is -2.29. The fourth-order valence-corrected chi connectivity index (χ4v) is 1.36. The van der Waals surface area contributed by atoms with Crippen LogP contribution in [0.4, 0.5) is 5.95 Å². The lowest BCUT2D eigenvalue weighted by Gasteiger charge is -2.16. The van der Waals surface area contributed by atoms with Crippen LogP contribution in [0.1, 0.15) is 19.4 Å². The van der Waals surface area contributed by atoms with Gasteiger partial charge in [0, 0.05) is 12.7 Å². The number of hydrogen-bond donors (Lipinski definition) is 2. The standard InChI is InChI=1S/C11H16N4O/c1-8-4-5-9-13-10(14-15(9)6-8)12-7-11(2,3)16/h4-6,16H,7H2,1-3H3,(H,12,14). The molecule has 5 heteroatoms. The number of fused-ring (bicyclic) bond motifs is 1. The monoisotopic (exact) mass is 220 g/mol. The molecule has 16 heavy (non-hydrogen) atoms. The molecule has 2 aromatic heterocycles. The molecule has 0 radical (unpaired) electrons. The van der Waals surface area contributed by atoms with Crippen LogP contribution in [0.2, 0.25) is 0 Å². The Labute approximate surface area is 94.1 Å². The summed E-state index contributed by atoms with van der Waals surface area (Å²) in [7, 11) is 0. The van der Waals surface area contributed by atoms with E-state index < -0.39 is 5.60 Å². The molecule has 0 amide bonds. The number of aromatic nitrogens is 3. The lowest BCUT2D eigenvalue weighted by molar-refractivity contribution is 0.0943. The molecule has 0 aliphatic heterocycles. The number of aliphatic hydroxyl groups is 1. The number of nitrogens with one attached hydrogen (secondary N) is 1. The highest BCUT2D eigenvalue weighted by Crippen LogP contribution is 2.08. The quantitative estimate of drug-likeness (QED) is 0.816. The molecule has 0 unspecified atom stereocenters. The van der Waals surface area contributed by atoms with Crippen LogP contribution in [0, 0.1) is 6.92 Å². The molecule has 0 saturated carbocycles. The van der Waals surface area contributed by atoms with E-state index in [1.54, 1.807) is 18.4 Å². The molecule has 2 aromatic rings. The predicted molar refractivity (Wildman–Crippen MR) is 62.5 cm³/mol. The highest BCUT2D eigenvalue weighted by atomic mass is 16.3. The normalized spacial score (nSPS) is 12.0. The van der Waals surface area contributed by atoms with E-state index in [2.05, 4.69) is 15.4 Å². The minimum absolute atomic E-state index is 0.420. The summed E-state index contributed by atoms with van der Waals surface area (Å²) in [5, 5.41) is 16.8. The molecule has 2 heterocycles. The molecule has 5 nitrogen and oxygen atoms in total. The Balaban J connectivity index is 2.20. The zero-order valence-corrected chi connectivity index (χ0v) is 9.73. The average molecular weight is 220 g/mol. The first kappa shape index (κ1) is 10.9. The molecule has 86 valence electrons. The van der Waals surface area contributed by atoms with Gasteiger partial charge in [0.15, 0.2) is 5.65 Å². The Kier molecular flexibility index (Phi) is 2.55. The smallest absolute Gasteiger partial charge is 0.243 e. The van der Waals surface area contributed by atoms with Crippen molar-refractivity contribution in [3.63, 3.8) is 0 Å². The molecule has 2 N–H and O–H groups in total. The highest BCUT2D eigenvalue weighted by molar-refractivity contribution is 5.44. The Hall–Kier alpha value is -1.62. The van der Waals surface area contributed by atoms with Crippen LogP contribution >= 0.6 is 0 Å². The van der Waals surface area contributed by atoms with Crippen molar-refractivity contribution < 1.29 is 5.11 Å². The molecule has 0 bridgehead atoms. The van der Waals surface area contributed by atoms with E-state index in [0.717, 1.165) is 11.2 Å². The largest absolute Gasteiger partial charge is 0.389 e. The summed E-state index contributed by atoms with van der Waals surface area (Å²) in [5.74, 6) is 0.535. The van der Waals surface area contributed by atoms with Gasteiger partial charge >= 0.3 is 0 Å². The summed E-state index contributed by atoms with van der Waals surface area (Å²) in [6, 6.07) is 3.90. The minimum Gasteiger partial charge on any atom is -0.389 e. The Morgan fingerprint density at radius 3 is 2.88 bits per heavy atom. The fourth-order valence-electron chi connectivity index (χ4n) is 1.36. The first-order valence-electron chi connectivity index (χ1n) is 5.23. The summed E-state index contributed by atoms with van der Waals surface area (Å²) in [6.07, 6.45) is 1.91. The minimum atomic E-state index is -0.770. The van der Waals surface area contributed by atoms with E-state index >= 15 is 0 Å².